The standard InChI is InChI=1S/C17H29N3O9.13CH4O.CH4/c1-26-12-2-9(5-21)11(12)4-20-3-10(18-19-20)7-27-8-28-17-16(25)15(24)14(23)13(6-22)29-17;13*1-2;/h3,9,11-17,21-25H,2,4-8H2,1H3;13*2H,1H3;1H4. The molecule has 8 atom stereocenters. The molecular formula is C31H85N3O22. The molecule has 0 spiro atoms. The van der Waals surface area contributed by atoms with Gasteiger partial charge in [0.15, 0.2) is 13.1 Å². The Kier molecular flexibility index (Phi) is 131. The van der Waals surface area contributed by atoms with E-state index in [2.05, 4.69) is 10.3 Å². The lowest BCUT2D eigenvalue weighted by atomic mass is 9.71. The van der Waals surface area contributed by atoms with Gasteiger partial charge in [-0.3, -0.25) is 4.68 Å². The van der Waals surface area contributed by atoms with E-state index in [0.29, 0.717) is 12.2 Å². The molecule has 1 aliphatic heterocycles. The summed E-state index contributed by atoms with van der Waals surface area (Å²) in [5.74, 6) is 0.366. The van der Waals surface area contributed by atoms with Crippen molar-refractivity contribution in [2.24, 2.45) is 11.8 Å². The van der Waals surface area contributed by atoms with Crippen LogP contribution < -0.4 is 0 Å². The van der Waals surface area contributed by atoms with Crippen LogP contribution in [0, 0.1) is 11.8 Å². The average Bonchev–Trinajstić information content (AvgIpc) is 3.77. The normalized spacial score (nSPS) is 20.8. The summed E-state index contributed by atoms with van der Waals surface area (Å²) in [6.45, 7) is -0.00481. The number of hydrogen-bond donors (Lipinski definition) is 18. The van der Waals surface area contributed by atoms with Gasteiger partial charge >= 0.3 is 0 Å². The summed E-state index contributed by atoms with van der Waals surface area (Å²) in [5.41, 5.74) is 0.566. The van der Waals surface area contributed by atoms with E-state index < -0.39 is 37.3 Å². The van der Waals surface area contributed by atoms with Gasteiger partial charge in [-0.15, -0.1) is 5.10 Å². The summed E-state index contributed by atoms with van der Waals surface area (Å²) in [6, 6.07) is 0. The van der Waals surface area contributed by atoms with Gasteiger partial charge in [0, 0.05) is 119 Å². The van der Waals surface area contributed by atoms with E-state index in [4.69, 9.17) is 90.4 Å². The Hall–Kier alpha value is -1.74. The summed E-state index contributed by atoms with van der Waals surface area (Å²) in [4.78, 5) is 0. The first-order valence-electron chi connectivity index (χ1n) is 15.3. The molecule has 0 amide bonds. The molecule has 2 heterocycles. The molecule has 0 aromatic carbocycles. The topological polar surface area (TPSA) is 432 Å². The minimum atomic E-state index is -1.50. The van der Waals surface area contributed by atoms with Gasteiger partial charge in [-0.05, 0) is 12.3 Å². The number of aliphatic hydroxyl groups excluding tert-OH is 18. The summed E-state index contributed by atoms with van der Waals surface area (Å²) in [6.07, 6.45) is -4.05. The smallest absolute Gasteiger partial charge is 0.189 e. The van der Waals surface area contributed by atoms with Gasteiger partial charge in [0.05, 0.1) is 25.5 Å². The van der Waals surface area contributed by atoms with Crippen LogP contribution in [-0.4, -0.2) is 263 Å². The van der Waals surface area contributed by atoms with Gasteiger partial charge < -0.3 is 111 Å². The molecule has 3 rings (SSSR count). The van der Waals surface area contributed by atoms with E-state index in [1.807, 2.05) is 0 Å². The molecule has 1 aromatic heterocycles. The first-order chi connectivity index (χ1) is 27.0. The molecule has 18 N–H and O–H groups in total. The number of hydrogen-bond acceptors (Lipinski definition) is 24. The van der Waals surface area contributed by atoms with Crippen LogP contribution in [-0.2, 0) is 32.1 Å². The third kappa shape index (κ3) is 43.4. The third-order valence-electron chi connectivity index (χ3n) is 5.55. The summed E-state index contributed by atoms with van der Waals surface area (Å²) < 4.78 is 22.9. The summed E-state index contributed by atoms with van der Waals surface area (Å²) >= 11 is 0. The average molecular weight is 852 g/mol. The van der Waals surface area contributed by atoms with Crippen molar-refractivity contribution in [3.63, 3.8) is 0 Å². The predicted octanol–water partition coefficient (Wildman–Crippen LogP) is -7.24. The van der Waals surface area contributed by atoms with Crippen molar-refractivity contribution in [2.45, 2.75) is 63.8 Å². The lowest BCUT2D eigenvalue weighted by Crippen LogP contribution is -2.59. The van der Waals surface area contributed by atoms with Crippen LogP contribution in [0.4, 0.5) is 0 Å². The highest BCUT2D eigenvalue weighted by Gasteiger charge is 2.44. The quantitative estimate of drug-likeness (QED) is 0.0768. The molecular weight excluding hydrogens is 766 g/mol. The van der Waals surface area contributed by atoms with Gasteiger partial charge in [-0.1, -0.05) is 12.6 Å². The second-order valence-electron chi connectivity index (χ2n) is 7.38. The van der Waals surface area contributed by atoms with Crippen LogP contribution in [0.3, 0.4) is 0 Å². The monoisotopic (exact) mass is 852 g/mol. The zero-order valence-corrected chi connectivity index (χ0v) is 35.0. The Morgan fingerprint density at radius 1 is 0.643 bits per heavy atom. The molecule has 2 fully saturated rings. The predicted molar refractivity (Wildman–Crippen MR) is 207 cm³/mol. The van der Waals surface area contributed by atoms with E-state index in [1.165, 1.54) is 0 Å². The van der Waals surface area contributed by atoms with Crippen molar-refractivity contribution in [3.05, 3.63) is 11.9 Å². The van der Waals surface area contributed by atoms with Crippen LogP contribution in [0.25, 0.3) is 0 Å². The summed E-state index contributed by atoms with van der Waals surface area (Å²) in [7, 11) is 14.7. The number of aromatic nitrogens is 3. The van der Waals surface area contributed by atoms with Crippen LogP contribution in [0.15, 0.2) is 6.20 Å². The van der Waals surface area contributed by atoms with Gasteiger partial charge in [-0.25, -0.2) is 0 Å². The first-order valence-corrected chi connectivity index (χ1v) is 15.3. The maximum atomic E-state index is 9.89. The van der Waals surface area contributed by atoms with E-state index in [9.17, 15) is 20.4 Å². The second-order valence-corrected chi connectivity index (χ2v) is 7.38. The minimum Gasteiger partial charge on any atom is -0.400 e. The van der Waals surface area contributed by atoms with E-state index in [1.54, 1.807) is 18.0 Å². The van der Waals surface area contributed by atoms with E-state index >= 15 is 0 Å². The van der Waals surface area contributed by atoms with Crippen molar-refractivity contribution in [1.82, 2.24) is 15.0 Å². The lowest BCUT2D eigenvalue weighted by molar-refractivity contribution is -0.317. The van der Waals surface area contributed by atoms with Crippen molar-refractivity contribution in [2.75, 3.05) is 120 Å². The van der Waals surface area contributed by atoms with Crippen LogP contribution in [0.2, 0.25) is 0 Å². The largest absolute Gasteiger partial charge is 0.400 e. The molecule has 1 saturated heterocycles. The molecule has 8 unspecified atom stereocenters. The van der Waals surface area contributed by atoms with Crippen molar-refractivity contribution >= 4 is 0 Å². The zero-order valence-electron chi connectivity index (χ0n) is 35.0. The van der Waals surface area contributed by atoms with Crippen LogP contribution >= 0.6 is 0 Å². The van der Waals surface area contributed by atoms with Gasteiger partial charge in [0.25, 0.3) is 0 Å². The maximum Gasteiger partial charge on any atom is 0.189 e. The molecule has 25 nitrogen and oxygen atoms in total. The van der Waals surface area contributed by atoms with Gasteiger partial charge in [0.2, 0.25) is 0 Å². The maximum absolute atomic E-state index is 9.89. The highest BCUT2D eigenvalue weighted by Crippen LogP contribution is 2.37. The molecule has 25 heteroatoms. The Balaban J connectivity index is -0.0000000611. The van der Waals surface area contributed by atoms with Crippen LogP contribution in [0.1, 0.15) is 19.5 Å². The zero-order chi connectivity index (χ0) is 47.0. The molecule has 1 saturated carbocycles. The number of ether oxygens (including phenoxy) is 4. The van der Waals surface area contributed by atoms with E-state index in [-0.39, 0.29) is 45.4 Å². The Morgan fingerprint density at radius 2 is 1.05 bits per heavy atom. The second kappa shape index (κ2) is 85.4. The molecule has 0 bridgehead atoms. The molecule has 1 aromatic rings. The number of aliphatic hydroxyl groups is 18. The molecule has 56 heavy (non-hydrogen) atoms. The van der Waals surface area contributed by atoms with Crippen molar-refractivity contribution in [1.29, 1.82) is 0 Å². The molecule has 1 aliphatic carbocycles. The molecule has 2 aliphatic rings. The highest BCUT2D eigenvalue weighted by atomic mass is 16.8. The van der Waals surface area contributed by atoms with E-state index in [0.717, 1.165) is 98.8 Å². The van der Waals surface area contributed by atoms with Gasteiger partial charge in [-0.2, -0.15) is 0 Å². The lowest BCUT2D eigenvalue weighted by Gasteiger charge is -2.42. The van der Waals surface area contributed by atoms with Crippen molar-refractivity contribution in [3.8, 4) is 0 Å². The van der Waals surface area contributed by atoms with Gasteiger partial charge in [0.1, 0.15) is 30.1 Å². The molecule has 0 radical (unpaired) electrons. The number of rotatable bonds is 10. The summed E-state index contributed by atoms with van der Waals surface area (Å²) in [5, 5.41) is 147. The Labute approximate surface area is 333 Å². The number of nitrogens with zero attached hydrogens (tertiary/aromatic N) is 3. The highest BCUT2D eigenvalue weighted by molar-refractivity contribution is 4.94. The van der Waals surface area contributed by atoms with Crippen molar-refractivity contribution < 1.29 is 111 Å². The fourth-order valence-electron chi connectivity index (χ4n) is 3.68. The molecule has 356 valence electrons. The number of methoxy groups -OCH3 is 1. The SMILES string of the molecule is C.CO.CO.CO.CO.CO.CO.CO.CO.CO.CO.CO.CO.CO.COC1CC(CO)C1Cn1cc(COCOC2OC(CO)C(O)C(O)C2O)nn1. The Bertz CT molecular complexity index is 652. The fraction of sp³-hybridized carbons (Fsp3) is 0.935. The first kappa shape index (κ1) is 86.2. The fourth-order valence-corrected chi connectivity index (χ4v) is 3.68. The minimum absolute atomic E-state index is 0. The third-order valence-corrected chi connectivity index (χ3v) is 5.55. The van der Waals surface area contributed by atoms with Crippen LogP contribution in [0.5, 0.6) is 0 Å². The Morgan fingerprint density at radius 3 is 1.41 bits per heavy atom.